The van der Waals surface area contributed by atoms with Gasteiger partial charge in [0.1, 0.15) is 0 Å². The highest BCUT2D eigenvalue weighted by molar-refractivity contribution is 7.89. The van der Waals surface area contributed by atoms with Crippen LogP contribution in [0.3, 0.4) is 0 Å². The lowest BCUT2D eigenvalue weighted by Crippen LogP contribution is -2.53. The van der Waals surface area contributed by atoms with Gasteiger partial charge in [0.05, 0.1) is 5.75 Å². The van der Waals surface area contributed by atoms with Crippen molar-refractivity contribution in [2.24, 2.45) is 11.8 Å². The highest BCUT2D eigenvalue weighted by atomic mass is 32.2. The number of piperidine rings is 1. The molecule has 140 valence electrons. The van der Waals surface area contributed by atoms with E-state index in [0.717, 1.165) is 6.42 Å². The largest absolute Gasteiger partial charge is 0.335 e. The number of amides is 2. The summed E-state index contributed by atoms with van der Waals surface area (Å²) in [6.07, 6.45) is 5.48. The normalized spacial score (nSPS) is 29.5. The zero-order valence-electron chi connectivity index (χ0n) is 15.3. The van der Waals surface area contributed by atoms with Crippen LogP contribution in [0.1, 0.15) is 59.3 Å². The summed E-state index contributed by atoms with van der Waals surface area (Å²) in [7, 11) is -3.17. The van der Waals surface area contributed by atoms with Crippen LogP contribution >= 0.6 is 0 Å². The minimum absolute atomic E-state index is 0.0100. The Kier molecular flexibility index (Phi) is 6.92. The van der Waals surface area contributed by atoms with Crippen LogP contribution < -0.4 is 10.0 Å². The van der Waals surface area contributed by atoms with E-state index in [0.29, 0.717) is 44.2 Å². The van der Waals surface area contributed by atoms with Crippen molar-refractivity contribution in [2.75, 3.05) is 18.8 Å². The van der Waals surface area contributed by atoms with Gasteiger partial charge in [-0.2, -0.15) is 0 Å². The molecular formula is C17H33N3O3S. The molecular weight excluding hydrogens is 326 g/mol. The predicted octanol–water partition coefficient (Wildman–Crippen LogP) is 2.31. The molecule has 0 aromatic heterocycles. The summed E-state index contributed by atoms with van der Waals surface area (Å²) < 4.78 is 26.4. The topological polar surface area (TPSA) is 78.5 Å². The lowest BCUT2D eigenvalue weighted by atomic mass is 9.78. The van der Waals surface area contributed by atoms with Gasteiger partial charge in [0, 0.05) is 25.2 Å². The molecule has 2 N–H and O–H groups in total. The maximum Gasteiger partial charge on any atom is 0.317 e. The van der Waals surface area contributed by atoms with Crippen LogP contribution in [-0.2, 0) is 10.0 Å². The Morgan fingerprint density at radius 3 is 2.42 bits per heavy atom. The van der Waals surface area contributed by atoms with E-state index < -0.39 is 10.0 Å². The smallest absolute Gasteiger partial charge is 0.317 e. The second kappa shape index (κ2) is 8.52. The molecule has 1 saturated heterocycles. The number of sulfonamides is 1. The minimum atomic E-state index is -3.17. The van der Waals surface area contributed by atoms with E-state index >= 15 is 0 Å². The maximum atomic E-state index is 12.5. The predicted molar refractivity (Wildman–Crippen MR) is 96.3 cm³/mol. The lowest BCUT2D eigenvalue weighted by Gasteiger charge is -2.37. The fraction of sp³-hybridized carbons (Fsp3) is 0.941. The molecule has 7 heteroatoms. The van der Waals surface area contributed by atoms with Gasteiger partial charge in [-0.15, -0.1) is 0 Å². The van der Waals surface area contributed by atoms with E-state index in [4.69, 9.17) is 0 Å². The van der Waals surface area contributed by atoms with Crippen molar-refractivity contribution in [2.45, 2.75) is 71.4 Å². The molecule has 0 bridgehead atoms. The number of nitrogens with zero attached hydrogens (tertiary/aromatic N) is 1. The van der Waals surface area contributed by atoms with Crippen LogP contribution in [0.4, 0.5) is 4.79 Å². The number of hydrogen-bond donors (Lipinski definition) is 2. The molecule has 1 heterocycles. The quantitative estimate of drug-likeness (QED) is 0.791. The first kappa shape index (κ1) is 19.5. The highest BCUT2D eigenvalue weighted by Crippen LogP contribution is 2.29. The van der Waals surface area contributed by atoms with E-state index in [1.165, 1.54) is 12.8 Å². The zero-order valence-corrected chi connectivity index (χ0v) is 16.1. The Balaban J connectivity index is 1.78. The Hall–Kier alpha value is -0.820. The average Bonchev–Trinajstić information content (AvgIpc) is 2.52. The summed E-state index contributed by atoms with van der Waals surface area (Å²) in [5.41, 5.74) is 0. The number of nitrogens with one attached hydrogen (secondary N) is 2. The third-order valence-corrected chi connectivity index (χ3v) is 7.26. The van der Waals surface area contributed by atoms with Gasteiger partial charge in [-0.3, -0.25) is 0 Å². The van der Waals surface area contributed by atoms with Gasteiger partial charge in [-0.1, -0.05) is 33.6 Å². The number of hydrogen-bond acceptors (Lipinski definition) is 3. The van der Waals surface area contributed by atoms with Crippen molar-refractivity contribution >= 4 is 16.1 Å². The molecule has 24 heavy (non-hydrogen) atoms. The number of urea groups is 1. The molecule has 2 fully saturated rings. The Morgan fingerprint density at radius 2 is 1.79 bits per heavy atom. The van der Waals surface area contributed by atoms with E-state index in [1.54, 1.807) is 0 Å². The van der Waals surface area contributed by atoms with E-state index in [1.807, 2.05) is 11.8 Å². The van der Waals surface area contributed by atoms with Gasteiger partial charge >= 0.3 is 6.03 Å². The van der Waals surface area contributed by atoms with Crippen LogP contribution in [0.15, 0.2) is 0 Å². The lowest BCUT2D eigenvalue weighted by molar-refractivity contribution is 0.156. The van der Waals surface area contributed by atoms with Crippen molar-refractivity contribution in [3.8, 4) is 0 Å². The first-order valence-electron chi connectivity index (χ1n) is 9.38. The SMILES string of the molecule is CCCS(=O)(=O)NC1CCN(C(=O)NC2CCCC(C)C2C)CC1. The van der Waals surface area contributed by atoms with Gasteiger partial charge < -0.3 is 10.2 Å². The monoisotopic (exact) mass is 359 g/mol. The number of carbonyl (C=O) groups is 1. The van der Waals surface area contributed by atoms with E-state index in [-0.39, 0.29) is 23.9 Å². The molecule has 2 rings (SSSR count). The second-order valence-electron chi connectivity index (χ2n) is 7.52. The van der Waals surface area contributed by atoms with Crippen LogP contribution in [0.5, 0.6) is 0 Å². The van der Waals surface area contributed by atoms with Crippen LogP contribution in [0.25, 0.3) is 0 Å². The fourth-order valence-corrected chi connectivity index (χ4v) is 5.22. The minimum Gasteiger partial charge on any atom is -0.335 e. The van der Waals surface area contributed by atoms with Gasteiger partial charge in [0.2, 0.25) is 10.0 Å². The molecule has 0 radical (unpaired) electrons. The van der Waals surface area contributed by atoms with E-state index in [9.17, 15) is 13.2 Å². The first-order chi connectivity index (χ1) is 11.3. The summed E-state index contributed by atoms with van der Waals surface area (Å²) in [5, 5.41) is 3.20. The number of carbonyl (C=O) groups excluding carboxylic acids is 1. The molecule has 6 nitrogen and oxygen atoms in total. The first-order valence-corrected chi connectivity index (χ1v) is 11.0. The van der Waals surface area contributed by atoms with Gasteiger partial charge in [-0.25, -0.2) is 17.9 Å². The average molecular weight is 360 g/mol. The van der Waals surface area contributed by atoms with Crippen molar-refractivity contribution in [3.63, 3.8) is 0 Å². The molecule has 0 spiro atoms. The zero-order chi connectivity index (χ0) is 17.7. The van der Waals surface area contributed by atoms with Crippen LogP contribution in [-0.4, -0.2) is 50.3 Å². The van der Waals surface area contributed by atoms with Crippen molar-refractivity contribution in [3.05, 3.63) is 0 Å². The van der Waals surface area contributed by atoms with Gasteiger partial charge in [0.25, 0.3) is 0 Å². The summed E-state index contributed by atoms with van der Waals surface area (Å²) in [4.78, 5) is 14.3. The Morgan fingerprint density at radius 1 is 1.12 bits per heavy atom. The fourth-order valence-electron chi connectivity index (χ4n) is 3.82. The van der Waals surface area contributed by atoms with Crippen molar-refractivity contribution in [1.29, 1.82) is 0 Å². The molecule has 1 aliphatic carbocycles. The van der Waals surface area contributed by atoms with Crippen molar-refractivity contribution in [1.82, 2.24) is 14.9 Å². The second-order valence-corrected chi connectivity index (χ2v) is 9.39. The third-order valence-electron chi connectivity index (χ3n) is 5.62. The molecule has 3 atom stereocenters. The molecule has 3 unspecified atom stereocenters. The van der Waals surface area contributed by atoms with E-state index in [2.05, 4.69) is 23.9 Å². The molecule has 2 amide bonds. The van der Waals surface area contributed by atoms with Crippen LogP contribution in [0, 0.1) is 11.8 Å². The van der Waals surface area contributed by atoms with Crippen molar-refractivity contribution < 1.29 is 13.2 Å². The molecule has 1 aliphatic heterocycles. The summed E-state index contributed by atoms with van der Waals surface area (Å²) in [6.45, 7) is 7.57. The summed E-state index contributed by atoms with van der Waals surface area (Å²) >= 11 is 0. The third kappa shape index (κ3) is 5.34. The highest BCUT2D eigenvalue weighted by Gasteiger charge is 2.31. The maximum absolute atomic E-state index is 12.5. The van der Waals surface area contributed by atoms with Crippen LogP contribution in [0.2, 0.25) is 0 Å². The molecule has 1 saturated carbocycles. The molecule has 2 aliphatic rings. The van der Waals surface area contributed by atoms with Gasteiger partial charge in [-0.05, 0) is 37.5 Å². The molecule has 0 aromatic carbocycles. The number of rotatable bonds is 5. The summed E-state index contributed by atoms with van der Waals surface area (Å²) in [5.74, 6) is 1.34. The Bertz CT molecular complexity index is 515. The van der Waals surface area contributed by atoms with Gasteiger partial charge in [0.15, 0.2) is 0 Å². The number of likely N-dealkylation sites (tertiary alicyclic amines) is 1. The summed E-state index contributed by atoms with van der Waals surface area (Å²) in [6, 6.07) is 0.233. The molecule has 0 aromatic rings. The standard InChI is InChI=1S/C17H33N3O3S/c1-4-12-24(22,23)19-15-8-10-20(11-9-15)17(21)18-16-7-5-6-13(2)14(16)3/h13-16,19H,4-12H2,1-3H3,(H,18,21). The Labute approximate surface area is 146 Å².